The van der Waals surface area contributed by atoms with Crippen LogP contribution in [0.15, 0.2) is 0 Å². The largest absolute Gasteiger partial charge is 0.481 e. The Morgan fingerprint density at radius 2 is 1.89 bits per heavy atom. The van der Waals surface area contributed by atoms with Crippen LogP contribution >= 0.6 is 0 Å². The van der Waals surface area contributed by atoms with Crippen molar-refractivity contribution in [3.63, 3.8) is 0 Å². The average molecular weight is 268 g/mol. The van der Waals surface area contributed by atoms with Gasteiger partial charge in [0.25, 0.3) is 0 Å². The maximum absolute atomic E-state index is 11.1. The van der Waals surface area contributed by atoms with Crippen LogP contribution in [0, 0.1) is 5.92 Å². The summed E-state index contributed by atoms with van der Waals surface area (Å²) in [6, 6.07) is 0.778. The number of aliphatic carboxylic acids is 1. The molecule has 4 nitrogen and oxygen atoms in total. The second-order valence-electron chi connectivity index (χ2n) is 6.36. The highest BCUT2D eigenvalue weighted by atomic mass is 16.4. The fourth-order valence-electron chi connectivity index (χ4n) is 3.61. The molecule has 2 rings (SSSR count). The molecule has 19 heavy (non-hydrogen) atoms. The minimum atomic E-state index is -0.667. The molecule has 2 atom stereocenters. The van der Waals surface area contributed by atoms with E-state index in [1.807, 2.05) is 0 Å². The van der Waals surface area contributed by atoms with Crippen LogP contribution in [-0.4, -0.2) is 47.7 Å². The Labute approximate surface area is 116 Å². The summed E-state index contributed by atoms with van der Waals surface area (Å²) in [6.07, 6.45) is 8.09. The third-order valence-corrected chi connectivity index (χ3v) is 4.57. The number of carbonyl (C=O) groups is 1. The van der Waals surface area contributed by atoms with Gasteiger partial charge in [0, 0.05) is 25.2 Å². The molecular formula is C15H28N2O2. The average Bonchev–Trinajstić information content (AvgIpc) is 2.70. The quantitative estimate of drug-likeness (QED) is 0.770. The summed E-state index contributed by atoms with van der Waals surface area (Å²) >= 11 is 0. The topological polar surface area (TPSA) is 52.6 Å². The van der Waals surface area contributed by atoms with Gasteiger partial charge in [-0.2, -0.15) is 0 Å². The number of carboxylic acid groups (broad SMARTS) is 1. The third-order valence-electron chi connectivity index (χ3n) is 4.57. The van der Waals surface area contributed by atoms with E-state index >= 15 is 0 Å². The number of carboxylic acids is 1. The third kappa shape index (κ3) is 4.46. The molecule has 0 bridgehead atoms. The van der Waals surface area contributed by atoms with E-state index in [0.29, 0.717) is 12.0 Å². The zero-order valence-corrected chi connectivity index (χ0v) is 12.1. The highest BCUT2D eigenvalue weighted by molar-refractivity contribution is 5.67. The molecule has 2 unspecified atom stereocenters. The van der Waals surface area contributed by atoms with Gasteiger partial charge in [-0.25, -0.2) is 0 Å². The molecule has 0 radical (unpaired) electrons. The van der Waals surface area contributed by atoms with Gasteiger partial charge in [-0.1, -0.05) is 32.6 Å². The SMILES string of the molecule is CC1CNCC(CC(=O)O)N(C2CCCCCC2)C1. The predicted molar refractivity (Wildman–Crippen MR) is 76.3 cm³/mol. The number of hydrogen-bond acceptors (Lipinski definition) is 3. The molecule has 2 N–H and O–H groups in total. The van der Waals surface area contributed by atoms with Crippen LogP contribution < -0.4 is 5.32 Å². The molecule has 0 aromatic carbocycles. The fraction of sp³-hybridized carbons (Fsp3) is 0.933. The highest BCUT2D eigenvalue weighted by Crippen LogP contribution is 2.26. The Morgan fingerprint density at radius 1 is 1.21 bits per heavy atom. The molecule has 0 amide bonds. The summed E-state index contributed by atoms with van der Waals surface area (Å²) < 4.78 is 0. The predicted octanol–water partition coefficient (Wildman–Crippen LogP) is 2.09. The van der Waals surface area contributed by atoms with Crippen molar-refractivity contribution < 1.29 is 9.90 Å². The van der Waals surface area contributed by atoms with E-state index in [2.05, 4.69) is 17.1 Å². The molecule has 1 saturated heterocycles. The van der Waals surface area contributed by atoms with Crippen LogP contribution in [0.2, 0.25) is 0 Å². The van der Waals surface area contributed by atoms with Crippen LogP contribution in [0.3, 0.4) is 0 Å². The molecule has 0 aromatic rings. The van der Waals surface area contributed by atoms with E-state index in [0.717, 1.165) is 19.6 Å². The molecule has 0 spiro atoms. The van der Waals surface area contributed by atoms with E-state index in [4.69, 9.17) is 5.11 Å². The van der Waals surface area contributed by atoms with Crippen LogP contribution in [0.1, 0.15) is 51.9 Å². The molecule has 0 aromatic heterocycles. The molecule has 1 aliphatic heterocycles. The number of rotatable bonds is 3. The first-order chi connectivity index (χ1) is 9.16. The maximum Gasteiger partial charge on any atom is 0.304 e. The van der Waals surface area contributed by atoms with E-state index < -0.39 is 5.97 Å². The van der Waals surface area contributed by atoms with Gasteiger partial charge in [0.2, 0.25) is 0 Å². The Hall–Kier alpha value is -0.610. The van der Waals surface area contributed by atoms with Crippen molar-refractivity contribution in [2.75, 3.05) is 19.6 Å². The first-order valence-corrected chi connectivity index (χ1v) is 7.85. The molecule has 1 heterocycles. The lowest BCUT2D eigenvalue weighted by Gasteiger charge is -2.37. The van der Waals surface area contributed by atoms with Crippen LogP contribution in [0.25, 0.3) is 0 Å². The lowest BCUT2D eigenvalue weighted by Crippen LogP contribution is -2.47. The Balaban J connectivity index is 2.06. The monoisotopic (exact) mass is 268 g/mol. The van der Waals surface area contributed by atoms with E-state index in [1.165, 1.54) is 38.5 Å². The van der Waals surface area contributed by atoms with Gasteiger partial charge in [0.15, 0.2) is 0 Å². The van der Waals surface area contributed by atoms with Crippen molar-refractivity contribution in [1.82, 2.24) is 10.2 Å². The Bertz CT molecular complexity index is 288. The standard InChI is InChI=1S/C15H28N2O2/c1-12-9-16-10-14(8-15(18)19)17(11-12)13-6-4-2-3-5-7-13/h12-14,16H,2-11H2,1H3,(H,18,19). The minimum absolute atomic E-state index is 0.172. The van der Waals surface area contributed by atoms with Crippen LogP contribution in [0.5, 0.6) is 0 Å². The van der Waals surface area contributed by atoms with Gasteiger partial charge in [-0.3, -0.25) is 9.69 Å². The zero-order chi connectivity index (χ0) is 13.7. The first-order valence-electron chi connectivity index (χ1n) is 7.85. The van der Waals surface area contributed by atoms with Gasteiger partial charge in [0.1, 0.15) is 0 Å². The zero-order valence-electron chi connectivity index (χ0n) is 12.1. The number of nitrogens with zero attached hydrogens (tertiary/aromatic N) is 1. The van der Waals surface area contributed by atoms with Crippen molar-refractivity contribution in [2.45, 2.75) is 64.0 Å². The van der Waals surface area contributed by atoms with Gasteiger partial charge < -0.3 is 10.4 Å². The van der Waals surface area contributed by atoms with Gasteiger partial charge in [-0.05, 0) is 25.3 Å². The molecule has 2 aliphatic rings. The van der Waals surface area contributed by atoms with Crippen LogP contribution in [0.4, 0.5) is 0 Å². The minimum Gasteiger partial charge on any atom is -0.481 e. The molecule has 1 aliphatic carbocycles. The summed E-state index contributed by atoms with van der Waals surface area (Å²) in [5, 5.41) is 12.6. The lowest BCUT2D eigenvalue weighted by atomic mass is 10.0. The van der Waals surface area contributed by atoms with E-state index in [9.17, 15) is 4.79 Å². The van der Waals surface area contributed by atoms with E-state index in [-0.39, 0.29) is 12.5 Å². The summed E-state index contributed by atoms with van der Waals surface area (Å²) in [5.41, 5.74) is 0. The molecule has 4 heteroatoms. The Morgan fingerprint density at radius 3 is 2.53 bits per heavy atom. The molecule has 2 fully saturated rings. The summed E-state index contributed by atoms with van der Waals surface area (Å²) in [6.45, 7) is 5.15. The van der Waals surface area contributed by atoms with Crippen molar-refractivity contribution in [1.29, 1.82) is 0 Å². The maximum atomic E-state index is 11.1. The fourth-order valence-corrected chi connectivity index (χ4v) is 3.61. The summed E-state index contributed by atoms with van der Waals surface area (Å²) in [7, 11) is 0. The second kappa shape index (κ2) is 7.25. The highest BCUT2D eigenvalue weighted by Gasteiger charge is 2.31. The Kier molecular flexibility index (Phi) is 5.64. The van der Waals surface area contributed by atoms with Crippen molar-refractivity contribution in [2.24, 2.45) is 5.92 Å². The molecule has 110 valence electrons. The second-order valence-corrected chi connectivity index (χ2v) is 6.36. The van der Waals surface area contributed by atoms with Crippen molar-refractivity contribution in [3.8, 4) is 0 Å². The molecular weight excluding hydrogens is 240 g/mol. The van der Waals surface area contributed by atoms with Gasteiger partial charge in [0.05, 0.1) is 6.42 Å². The van der Waals surface area contributed by atoms with E-state index in [1.54, 1.807) is 0 Å². The molecule has 1 saturated carbocycles. The van der Waals surface area contributed by atoms with Crippen molar-refractivity contribution >= 4 is 5.97 Å². The smallest absolute Gasteiger partial charge is 0.304 e. The lowest BCUT2D eigenvalue weighted by molar-refractivity contribution is -0.138. The van der Waals surface area contributed by atoms with Gasteiger partial charge >= 0.3 is 5.97 Å². The van der Waals surface area contributed by atoms with Gasteiger partial charge in [-0.15, -0.1) is 0 Å². The summed E-state index contributed by atoms with van der Waals surface area (Å²) in [5.74, 6) is -0.0537. The number of hydrogen-bond donors (Lipinski definition) is 2. The van der Waals surface area contributed by atoms with Crippen LogP contribution in [-0.2, 0) is 4.79 Å². The summed E-state index contributed by atoms with van der Waals surface area (Å²) in [4.78, 5) is 13.6. The number of nitrogens with one attached hydrogen (secondary N) is 1. The van der Waals surface area contributed by atoms with Crippen molar-refractivity contribution in [3.05, 3.63) is 0 Å². The first kappa shape index (κ1) is 14.8. The normalized spacial score (nSPS) is 31.6.